The van der Waals surface area contributed by atoms with Crippen molar-refractivity contribution in [2.24, 2.45) is 5.92 Å². The number of carbonyl (C=O) groups is 1. The lowest BCUT2D eigenvalue weighted by Gasteiger charge is -2.06. The topological polar surface area (TPSA) is 26.3 Å². The van der Waals surface area contributed by atoms with Crippen molar-refractivity contribution in [3.8, 4) is 0 Å². The monoisotopic (exact) mass is 204 g/mol. The molecule has 0 N–H and O–H groups in total. The van der Waals surface area contributed by atoms with Crippen LogP contribution < -0.4 is 0 Å². The second kappa shape index (κ2) is 4.53. The Morgan fingerprint density at radius 3 is 2.86 bits per heavy atom. The van der Waals surface area contributed by atoms with Crippen LogP contribution in [-0.4, -0.2) is 18.5 Å². The van der Waals surface area contributed by atoms with Gasteiger partial charge in [0, 0.05) is 18.9 Å². The van der Waals surface area contributed by atoms with Crippen LogP contribution in [0.3, 0.4) is 0 Å². The van der Waals surface area contributed by atoms with Crippen LogP contribution in [0, 0.1) is 5.92 Å². The van der Waals surface area contributed by atoms with E-state index in [1.807, 2.05) is 0 Å². The predicted octanol–water partition coefficient (Wildman–Crippen LogP) is 2.54. The standard InChI is InChI=1S/C10H14F2O2/c1-2-14-9(13)4-3-8-5-6-10(11,12)7-8/h3-4,8H,2,5-7H2,1H3. The molecule has 1 aliphatic rings. The van der Waals surface area contributed by atoms with Crippen molar-refractivity contribution in [2.45, 2.75) is 32.1 Å². The van der Waals surface area contributed by atoms with E-state index in [1.165, 1.54) is 12.2 Å². The van der Waals surface area contributed by atoms with Crippen molar-refractivity contribution in [1.82, 2.24) is 0 Å². The van der Waals surface area contributed by atoms with Gasteiger partial charge in [0.15, 0.2) is 0 Å². The number of esters is 1. The van der Waals surface area contributed by atoms with Gasteiger partial charge in [0.2, 0.25) is 5.92 Å². The van der Waals surface area contributed by atoms with Crippen LogP contribution in [0.5, 0.6) is 0 Å². The smallest absolute Gasteiger partial charge is 0.330 e. The molecule has 0 bridgehead atoms. The van der Waals surface area contributed by atoms with E-state index in [1.54, 1.807) is 6.92 Å². The van der Waals surface area contributed by atoms with Gasteiger partial charge < -0.3 is 4.74 Å². The Bertz CT molecular complexity index is 236. The number of hydrogen-bond acceptors (Lipinski definition) is 2. The Morgan fingerprint density at radius 2 is 2.36 bits per heavy atom. The molecule has 80 valence electrons. The molecule has 1 fully saturated rings. The molecule has 0 aliphatic heterocycles. The average Bonchev–Trinajstić information content (AvgIpc) is 2.43. The maximum atomic E-state index is 12.7. The highest BCUT2D eigenvalue weighted by molar-refractivity contribution is 5.81. The number of hydrogen-bond donors (Lipinski definition) is 0. The second-order valence-corrected chi connectivity index (χ2v) is 3.47. The minimum atomic E-state index is -2.55. The number of allylic oxidation sites excluding steroid dienone is 1. The van der Waals surface area contributed by atoms with Gasteiger partial charge in [-0.25, -0.2) is 13.6 Å². The number of carbonyl (C=O) groups excluding carboxylic acids is 1. The molecular formula is C10H14F2O2. The first-order valence-corrected chi connectivity index (χ1v) is 4.76. The molecule has 0 aromatic carbocycles. The van der Waals surface area contributed by atoms with E-state index in [0.29, 0.717) is 13.0 Å². The Labute approximate surface area is 81.9 Å². The van der Waals surface area contributed by atoms with Crippen molar-refractivity contribution in [3.05, 3.63) is 12.2 Å². The zero-order valence-electron chi connectivity index (χ0n) is 8.13. The van der Waals surface area contributed by atoms with Crippen LogP contribution in [0.1, 0.15) is 26.2 Å². The van der Waals surface area contributed by atoms with Crippen LogP contribution in [0.2, 0.25) is 0 Å². The average molecular weight is 204 g/mol. The van der Waals surface area contributed by atoms with Gasteiger partial charge in [-0.05, 0) is 19.3 Å². The summed E-state index contributed by atoms with van der Waals surface area (Å²) in [6.45, 7) is 2.01. The SMILES string of the molecule is CCOC(=O)C=CC1CCC(F)(F)C1. The molecule has 0 amide bonds. The molecule has 1 rings (SSSR count). The highest BCUT2D eigenvalue weighted by atomic mass is 19.3. The maximum Gasteiger partial charge on any atom is 0.330 e. The molecule has 14 heavy (non-hydrogen) atoms. The molecule has 0 saturated heterocycles. The summed E-state index contributed by atoms with van der Waals surface area (Å²) < 4.78 is 30.1. The second-order valence-electron chi connectivity index (χ2n) is 3.47. The molecule has 2 nitrogen and oxygen atoms in total. The zero-order chi connectivity index (χ0) is 10.6. The van der Waals surface area contributed by atoms with Gasteiger partial charge in [-0.2, -0.15) is 0 Å². The van der Waals surface area contributed by atoms with E-state index in [0.717, 1.165) is 0 Å². The van der Waals surface area contributed by atoms with Crippen LogP contribution >= 0.6 is 0 Å². The highest BCUT2D eigenvalue weighted by Crippen LogP contribution is 2.39. The lowest BCUT2D eigenvalue weighted by atomic mass is 10.1. The van der Waals surface area contributed by atoms with Gasteiger partial charge in [0.1, 0.15) is 0 Å². The minimum Gasteiger partial charge on any atom is -0.463 e. The zero-order valence-corrected chi connectivity index (χ0v) is 8.13. The molecule has 4 heteroatoms. The molecule has 0 aromatic rings. The van der Waals surface area contributed by atoms with E-state index in [9.17, 15) is 13.6 Å². The van der Waals surface area contributed by atoms with Gasteiger partial charge in [-0.15, -0.1) is 0 Å². The highest BCUT2D eigenvalue weighted by Gasteiger charge is 2.38. The molecule has 0 aromatic heterocycles. The molecule has 0 spiro atoms. The normalized spacial score (nSPS) is 25.5. The van der Waals surface area contributed by atoms with Crippen LogP contribution in [0.4, 0.5) is 8.78 Å². The molecule has 0 radical (unpaired) electrons. The number of alkyl halides is 2. The summed E-state index contributed by atoms with van der Waals surface area (Å²) in [5.74, 6) is -3.19. The Morgan fingerprint density at radius 1 is 1.64 bits per heavy atom. The largest absolute Gasteiger partial charge is 0.463 e. The third-order valence-corrected chi connectivity index (χ3v) is 2.23. The van der Waals surface area contributed by atoms with E-state index < -0.39 is 11.9 Å². The molecule has 0 heterocycles. The van der Waals surface area contributed by atoms with Gasteiger partial charge >= 0.3 is 5.97 Å². The van der Waals surface area contributed by atoms with Gasteiger partial charge in [0.05, 0.1) is 6.61 Å². The van der Waals surface area contributed by atoms with Crippen molar-refractivity contribution >= 4 is 5.97 Å². The Hall–Kier alpha value is -0.930. The lowest BCUT2D eigenvalue weighted by Crippen LogP contribution is -2.09. The number of halogens is 2. The van der Waals surface area contributed by atoms with Crippen molar-refractivity contribution < 1.29 is 18.3 Å². The minimum absolute atomic E-state index is 0.0785. The van der Waals surface area contributed by atoms with Crippen molar-refractivity contribution in [2.75, 3.05) is 6.61 Å². The third kappa shape index (κ3) is 3.44. The third-order valence-electron chi connectivity index (χ3n) is 2.23. The number of ether oxygens (including phenoxy) is 1. The fourth-order valence-corrected chi connectivity index (χ4v) is 1.55. The fourth-order valence-electron chi connectivity index (χ4n) is 1.55. The first-order valence-electron chi connectivity index (χ1n) is 4.76. The molecule has 1 unspecified atom stereocenters. The quantitative estimate of drug-likeness (QED) is 0.521. The molecule has 1 aliphatic carbocycles. The predicted molar refractivity (Wildman–Crippen MR) is 48.1 cm³/mol. The number of rotatable bonds is 3. The Kier molecular flexibility index (Phi) is 3.61. The van der Waals surface area contributed by atoms with E-state index >= 15 is 0 Å². The Balaban J connectivity index is 2.35. The van der Waals surface area contributed by atoms with Crippen molar-refractivity contribution in [3.63, 3.8) is 0 Å². The summed E-state index contributed by atoms with van der Waals surface area (Å²) in [7, 11) is 0. The summed E-state index contributed by atoms with van der Waals surface area (Å²) in [5, 5.41) is 0. The fraction of sp³-hybridized carbons (Fsp3) is 0.700. The van der Waals surface area contributed by atoms with Gasteiger partial charge in [0.25, 0.3) is 0 Å². The van der Waals surface area contributed by atoms with Crippen LogP contribution in [0.15, 0.2) is 12.2 Å². The maximum absolute atomic E-state index is 12.7. The van der Waals surface area contributed by atoms with Crippen LogP contribution in [-0.2, 0) is 9.53 Å². The van der Waals surface area contributed by atoms with Gasteiger partial charge in [-0.1, -0.05) is 6.08 Å². The lowest BCUT2D eigenvalue weighted by molar-refractivity contribution is -0.137. The molecular weight excluding hydrogens is 190 g/mol. The summed E-state index contributed by atoms with van der Waals surface area (Å²) in [6.07, 6.45) is 2.99. The summed E-state index contributed by atoms with van der Waals surface area (Å²) in [4.78, 5) is 10.9. The molecule has 1 atom stereocenters. The van der Waals surface area contributed by atoms with Crippen LogP contribution in [0.25, 0.3) is 0 Å². The van der Waals surface area contributed by atoms with E-state index in [4.69, 9.17) is 0 Å². The summed E-state index contributed by atoms with van der Waals surface area (Å²) >= 11 is 0. The summed E-state index contributed by atoms with van der Waals surface area (Å²) in [6, 6.07) is 0. The van der Waals surface area contributed by atoms with E-state index in [2.05, 4.69) is 4.74 Å². The molecule has 1 saturated carbocycles. The first-order chi connectivity index (χ1) is 6.53. The van der Waals surface area contributed by atoms with E-state index in [-0.39, 0.29) is 18.8 Å². The van der Waals surface area contributed by atoms with Gasteiger partial charge in [-0.3, -0.25) is 0 Å². The summed E-state index contributed by atoms with van der Waals surface area (Å²) in [5.41, 5.74) is 0. The van der Waals surface area contributed by atoms with Crippen molar-refractivity contribution in [1.29, 1.82) is 0 Å². The first kappa shape index (κ1) is 11.1.